The van der Waals surface area contributed by atoms with E-state index in [4.69, 9.17) is 29.6 Å². The number of unbranched alkanes of at least 4 members (excludes halogenated alkanes) is 2. The number of hydrogen-bond donors (Lipinski definition) is 1. The zero-order valence-corrected chi connectivity index (χ0v) is 10.6. The second-order valence-electron chi connectivity index (χ2n) is 3.29. The first kappa shape index (κ1) is 13.8. The Balaban J connectivity index is 2.48. The molecule has 0 saturated carbocycles. The molecule has 0 aliphatic heterocycles. The molecule has 1 aromatic rings. The van der Waals surface area contributed by atoms with E-state index in [-0.39, 0.29) is 21.9 Å². The number of rotatable bonds is 5. The lowest BCUT2D eigenvalue weighted by molar-refractivity contribution is -0.116. The van der Waals surface area contributed by atoms with Crippen LogP contribution in [0.15, 0.2) is 6.33 Å². The summed E-state index contributed by atoms with van der Waals surface area (Å²) < 4.78 is 0. The number of terminal acetylenes is 1. The van der Waals surface area contributed by atoms with Gasteiger partial charge in [-0.05, 0) is 12.8 Å². The number of carbonyl (C=O) groups is 1. The molecule has 0 atom stereocenters. The van der Waals surface area contributed by atoms with E-state index in [2.05, 4.69) is 21.2 Å². The molecule has 1 N–H and O–H groups in total. The molecular formula is C11H11Cl2N3O. The molecule has 17 heavy (non-hydrogen) atoms. The number of amides is 1. The largest absolute Gasteiger partial charge is 0.321 e. The van der Waals surface area contributed by atoms with Gasteiger partial charge in [0.05, 0.1) is 0 Å². The van der Waals surface area contributed by atoms with Crippen molar-refractivity contribution in [2.24, 2.45) is 0 Å². The fourth-order valence-corrected chi connectivity index (χ4v) is 1.57. The van der Waals surface area contributed by atoms with Gasteiger partial charge < -0.3 is 5.32 Å². The number of carbonyl (C=O) groups excluding carboxylic acids is 1. The molecule has 90 valence electrons. The van der Waals surface area contributed by atoms with Crippen molar-refractivity contribution >= 4 is 34.8 Å². The third kappa shape index (κ3) is 4.59. The monoisotopic (exact) mass is 271 g/mol. The molecule has 6 heteroatoms. The molecule has 4 nitrogen and oxygen atoms in total. The molecule has 0 radical (unpaired) electrons. The average Bonchev–Trinajstić information content (AvgIpc) is 2.30. The third-order valence-electron chi connectivity index (χ3n) is 1.99. The second kappa shape index (κ2) is 7.10. The molecule has 0 spiro atoms. The summed E-state index contributed by atoms with van der Waals surface area (Å²) >= 11 is 11.6. The van der Waals surface area contributed by atoms with Gasteiger partial charge in [0.15, 0.2) is 10.3 Å². The summed E-state index contributed by atoms with van der Waals surface area (Å²) in [6.07, 6.45) is 8.91. The second-order valence-corrected chi connectivity index (χ2v) is 4.01. The SMILES string of the molecule is C#CCCCCC(=O)Nc1c(Cl)ncnc1Cl. The van der Waals surface area contributed by atoms with Crippen molar-refractivity contribution in [2.45, 2.75) is 25.7 Å². The van der Waals surface area contributed by atoms with E-state index in [1.165, 1.54) is 6.33 Å². The normalized spacial score (nSPS) is 9.71. The van der Waals surface area contributed by atoms with Crippen molar-refractivity contribution in [3.05, 3.63) is 16.6 Å². The van der Waals surface area contributed by atoms with Gasteiger partial charge >= 0.3 is 0 Å². The smallest absolute Gasteiger partial charge is 0.224 e. The first-order valence-corrected chi connectivity index (χ1v) is 5.80. The standard InChI is InChI=1S/C11H11Cl2N3O/c1-2-3-4-5-6-8(17)16-9-10(12)14-7-15-11(9)13/h1,7H,3-6H2,(H,16,17). The van der Waals surface area contributed by atoms with Gasteiger partial charge in [-0.3, -0.25) is 4.79 Å². The van der Waals surface area contributed by atoms with Crippen LogP contribution in [0.25, 0.3) is 0 Å². The molecule has 1 aromatic heterocycles. The van der Waals surface area contributed by atoms with Gasteiger partial charge in [0.1, 0.15) is 12.0 Å². The molecule has 0 fully saturated rings. The maximum Gasteiger partial charge on any atom is 0.224 e. The van der Waals surface area contributed by atoms with Crippen molar-refractivity contribution < 1.29 is 4.79 Å². The van der Waals surface area contributed by atoms with Crippen molar-refractivity contribution in [1.82, 2.24) is 9.97 Å². The molecule has 0 aliphatic rings. The molecule has 0 bridgehead atoms. The van der Waals surface area contributed by atoms with Crippen molar-refractivity contribution in [3.8, 4) is 12.3 Å². The van der Waals surface area contributed by atoms with E-state index in [1.807, 2.05) is 0 Å². The summed E-state index contributed by atoms with van der Waals surface area (Å²) in [5.41, 5.74) is 0.248. The first-order valence-electron chi connectivity index (χ1n) is 5.04. The van der Waals surface area contributed by atoms with Crippen LogP contribution < -0.4 is 5.32 Å². The molecular weight excluding hydrogens is 261 g/mol. The summed E-state index contributed by atoms with van der Waals surface area (Å²) in [5.74, 6) is 2.34. The Morgan fingerprint density at radius 3 is 2.59 bits per heavy atom. The molecule has 0 aliphatic carbocycles. The summed E-state index contributed by atoms with van der Waals surface area (Å²) in [6, 6.07) is 0. The van der Waals surface area contributed by atoms with E-state index in [0.717, 1.165) is 12.8 Å². The summed E-state index contributed by atoms with van der Waals surface area (Å²) in [7, 11) is 0. The van der Waals surface area contributed by atoms with E-state index >= 15 is 0 Å². The topological polar surface area (TPSA) is 54.9 Å². The van der Waals surface area contributed by atoms with Crippen LogP contribution in [0, 0.1) is 12.3 Å². The highest BCUT2D eigenvalue weighted by Crippen LogP contribution is 2.25. The number of nitrogens with one attached hydrogen (secondary N) is 1. The van der Waals surface area contributed by atoms with Gasteiger partial charge in [0.25, 0.3) is 0 Å². The van der Waals surface area contributed by atoms with Gasteiger partial charge in [-0.15, -0.1) is 12.3 Å². The van der Waals surface area contributed by atoms with Crippen molar-refractivity contribution in [1.29, 1.82) is 0 Å². The maximum atomic E-state index is 11.5. The van der Waals surface area contributed by atoms with Gasteiger partial charge in [0, 0.05) is 12.8 Å². The Labute approximate surface area is 110 Å². The minimum atomic E-state index is -0.180. The van der Waals surface area contributed by atoms with Gasteiger partial charge in [-0.2, -0.15) is 0 Å². The molecule has 1 rings (SSSR count). The lowest BCUT2D eigenvalue weighted by Gasteiger charge is -2.06. The number of hydrogen-bond acceptors (Lipinski definition) is 3. The number of aromatic nitrogens is 2. The van der Waals surface area contributed by atoms with Gasteiger partial charge in [-0.25, -0.2) is 9.97 Å². The lowest BCUT2D eigenvalue weighted by Crippen LogP contribution is -2.12. The Morgan fingerprint density at radius 1 is 1.35 bits per heavy atom. The molecule has 1 heterocycles. The van der Waals surface area contributed by atoms with Gasteiger partial charge in [0.2, 0.25) is 5.91 Å². The molecule has 1 amide bonds. The Hall–Kier alpha value is -1.31. The zero-order valence-electron chi connectivity index (χ0n) is 9.04. The van der Waals surface area contributed by atoms with E-state index in [0.29, 0.717) is 12.8 Å². The predicted molar refractivity (Wildman–Crippen MR) is 68.0 cm³/mol. The molecule has 0 saturated heterocycles. The first-order chi connectivity index (χ1) is 8.15. The minimum Gasteiger partial charge on any atom is -0.321 e. The fraction of sp³-hybridized carbons (Fsp3) is 0.364. The van der Waals surface area contributed by atoms with Crippen LogP contribution in [0.5, 0.6) is 0 Å². The average molecular weight is 272 g/mol. The molecule has 0 unspecified atom stereocenters. The number of halogens is 2. The lowest BCUT2D eigenvalue weighted by atomic mass is 10.2. The minimum absolute atomic E-state index is 0.127. The number of anilines is 1. The molecule has 0 aromatic carbocycles. The number of nitrogens with zero attached hydrogens (tertiary/aromatic N) is 2. The van der Waals surface area contributed by atoms with Crippen LogP contribution in [0.2, 0.25) is 10.3 Å². The summed E-state index contributed by atoms with van der Waals surface area (Å²) in [6.45, 7) is 0. The Kier molecular flexibility index (Phi) is 5.75. The van der Waals surface area contributed by atoms with Crippen LogP contribution >= 0.6 is 23.2 Å². The van der Waals surface area contributed by atoms with E-state index in [1.54, 1.807) is 0 Å². The highest BCUT2D eigenvalue weighted by molar-refractivity contribution is 6.38. The Bertz CT molecular complexity index is 423. The maximum absolute atomic E-state index is 11.5. The van der Waals surface area contributed by atoms with Crippen LogP contribution in [-0.4, -0.2) is 15.9 Å². The Morgan fingerprint density at radius 2 is 2.00 bits per heavy atom. The highest BCUT2D eigenvalue weighted by Gasteiger charge is 2.11. The fourth-order valence-electron chi connectivity index (χ4n) is 1.16. The third-order valence-corrected chi connectivity index (χ3v) is 2.57. The van der Waals surface area contributed by atoms with Gasteiger partial charge in [-0.1, -0.05) is 23.2 Å². The van der Waals surface area contributed by atoms with Crippen molar-refractivity contribution in [2.75, 3.05) is 5.32 Å². The van der Waals surface area contributed by atoms with Crippen molar-refractivity contribution in [3.63, 3.8) is 0 Å². The predicted octanol–water partition coefficient (Wildman–Crippen LogP) is 2.92. The van der Waals surface area contributed by atoms with Crippen LogP contribution in [-0.2, 0) is 4.79 Å². The van der Waals surface area contributed by atoms with Crippen LogP contribution in [0.1, 0.15) is 25.7 Å². The summed E-state index contributed by atoms with van der Waals surface area (Å²) in [4.78, 5) is 19.0. The highest BCUT2D eigenvalue weighted by atomic mass is 35.5. The van der Waals surface area contributed by atoms with E-state index < -0.39 is 0 Å². The summed E-state index contributed by atoms with van der Waals surface area (Å²) in [5, 5.41) is 2.83. The van der Waals surface area contributed by atoms with Crippen LogP contribution in [0.4, 0.5) is 5.69 Å². The zero-order chi connectivity index (χ0) is 12.7. The quantitative estimate of drug-likeness (QED) is 0.509. The van der Waals surface area contributed by atoms with E-state index in [9.17, 15) is 4.79 Å². The van der Waals surface area contributed by atoms with Crippen LogP contribution in [0.3, 0.4) is 0 Å².